The Labute approximate surface area is 221 Å². The number of thioether (sulfide) groups is 1. The minimum absolute atomic E-state index is 0.108. The van der Waals surface area contributed by atoms with Crippen molar-refractivity contribution >= 4 is 50.3 Å². The van der Waals surface area contributed by atoms with E-state index in [0.29, 0.717) is 32.6 Å². The van der Waals surface area contributed by atoms with E-state index in [0.717, 1.165) is 24.9 Å². The van der Waals surface area contributed by atoms with Crippen LogP contribution >= 0.6 is 24.0 Å². The summed E-state index contributed by atoms with van der Waals surface area (Å²) in [6, 6.07) is 16.3. The summed E-state index contributed by atoms with van der Waals surface area (Å²) in [7, 11) is -0.621. The third kappa shape index (κ3) is 5.46. The van der Waals surface area contributed by atoms with Crippen LogP contribution in [0.5, 0.6) is 0 Å². The molecular formula is C26H28N4O3S3. The van der Waals surface area contributed by atoms with E-state index in [2.05, 4.69) is 6.92 Å². The molecule has 0 bridgehead atoms. The zero-order valence-corrected chi connectivity index (χ0v) is 22.9. The van der Waals surface area contributed by atoms with Gasteiger partial charge in [0.15, 0.2) is 0 Å². The Hall–Kier alpha value is -2.79. The van der Waals surface area contributed by atoms with E-state index in [-0.39, 0.29) is 10.8 Å². The van der Waals surface area contributed by atoms with Crippen molar-refractivity contribution in [2.45, 2.75) is 31.1 Å². The summed E-state index contributed by atoms with van der Waals surface area (Å²) in [5, 5.41) is 4.78. The Bertz CT molecular complexity index is 1410. The lowest BCUT2D eigenvalue weighted by molar-refractivity contribution is -0.122. The van der Waals surface area contributed by atoms with Gasteiger partial charge in [-0.25, -0.2) is 17.4 Å². The molecule has 1 fully saturated rings. The molecule has 4 rings (SSSR count). The molecule has 0 N–H and O–H groups in total. The molecule has 0 aliphatic carbocycles. The van der Waals surface area contributed by atoms with Crippen molar-refractivity contribution in [3.8, 4) is 16.9 Å². The standard InChI is InChI=1S/C26H28N4O3S3/c1-4-5-9-15-29-25(31)23(35-26(29)34)17-20-18-30(21-12-7-6-8-13-21)27-24(20)19-11-10-14-22(16-19)36(32,33)28(2)3/h6-8,10-14,16-18H,4-5,9,15H2,1-3H3/b23-17-. The number of amides is 1. The highest BCUT2D eigenvalue weighted by Gasteiger charge is 2.32. The normalized spacial score (nSPS) is 15.4. The quantitative estimate of drug-likeness (QED) is 0.212. The molecule has 10 heteroatoms. The molecule has 0 saturated carbocycles. The monoisotopic (exact) mass is 540 g/mol. The van der Waals surface area contributed by atoms with Gasteiger partial charge in [0.05, 0.1) is 15.5 Å². The molecule has 3 aromatic rings. The molecule has 0 radical (unpaired) electrons. The number of hydrogen-bond donors (Lipinski definition) is 0. The van der Waals surface area contributed by atoms with E-state index in [1.165, 1.54) is 30.2 Å². The third-order valence-corrected chi connectivity index (χ3v) is 8.98. The predicted molar refractivity (Wildman–Crippen MR) is 149 cm³/mol. The second-order valence-corrected chi connectivity index (χ2v) is 12.4. The average molecular weight is 541 g/mol. The number of thiocarbonyl (C=S) groups is 1. The summed E-state index contributed by atoms with van der Waals surface area (Å²) >= 11 is 6.77. The molecule has 188 valence electrons. The van der Waals surface area contributed by atoms with Gasteiger partial charge in [0, 0.05) is 38.0 Å². The molecule has 1 aromatic heterocycles. The first-order valence-electron chi connectivity index (χ1n) is 11.7. The molecule has 1 saturated heterocycles. The lowest BCUT2D eigenvalue weighted by atomic mass is 10.1. The Morgan fingerprint density at radius 2 is 1.83 bits per heavy atom. The topological polar surface area (TPSA) is 75.5 Å². The predicted octanol–water partition coefficient (Wildman–Crippen LogP) is 5.18. The molecule has 2 heterocycles. The van der Waals surface area contributed by atoms with E-state index in [9.17, 15) is 13.2 Å². The summed E-state index contributed by atoms with van der Waals surface area (Å²) in [4.78, 5) is 15.5. The maximum Gasteiger partial charge on any atom is 0.266 e. The van der Waals surface area contributed by atoms with Gasteiger partial charge in [-0.2, -0.15) is 5.10 Å². The van der Waals surface area contributed by atoms with Gasteiger partial charge in [0.25, 0.3) is 5.91 Å². The van der Waals surface area contributed by atoms with Gasteiger partial charge in [-0.1, -0.05) is 74.1 Å². The van der Waals surface area contributed by atoms with E-state index < -0.39 is 10.0 Å². The summed E-state index contributed by atoms with van der Waals surface area (Å²) in [5.41, 5.74) is 2.76. The van der Waals surface area contributed by atoms with Crippen molar-refractivity contribution in [1.82, 2.24) is 19.0 Å². The van der Waals surface area contributed by atoms with Gasteiger partial charge in [0.2, 0.25) is 10.0 Å². The van der Waals surface area contributed by atoms with E-state index in [1.807, 2.05) is 42.6 Å². The lowest BCUT2D eigenvalue weighted by Gasteiger charge is -2.13. The van der Waals surface area contributed by atoms with Crippen LogP contribution in [0.3, 0.4) is 0 Å². The lowest BCUT2D eigenvalue weighted by Crippen LogP contribution is -2.28. The van der Waals surface area contributed by atoms with Crippen LogP contribution in [-0.2, 0) is 14.8 Å². The molecule has 0 atom stereocenters. The molecule has 36 heavy (non-hydrogen) atoms. The molecular weight excluding hydrogens is 513 g/mol. The Morgan fingerprint density at radius 1 is 1.08 bits per heavy atom. The summed E-state index contributed by atoms with van der Waals surface area (Å²) in [6.07, 6.45) is 6.65. The van der Waals surface area contributed by atoms with Gasteiger partial charge in [-0.15, -0.1) is 0 Å². The summed E-state index contributed by atoms with van der Waals surface area (Å²) < 4.78 is 29.0. The minimum Gasteiger partial charge on any atom is -0.293 e. The first-order valence-corrected chi connectivity index (χ1v) is 14.3. The maximum atomic E-state index is 13.1. The number of unbranched alkanes of at least 4 members (excludes halogenated alkanes) is 2. The van der Waals surface area contributed by atoms with Crippen LogP contribution < -0.4 is 0 Å². The Kier molecular flexibility index (Phi) is 8.09. The molecule has 0 spiro atoms. The third-order valence-electron chi connectivity index (χ3n) is 5.79. The van der Waals surface area contributed by atoms with Gasteiger partial charge >= 0.3 is 0 Å². The first kappa shape index (κ1) is 26.3. The van der Waals surface area contributed by atoms with Crippen molar-refractivity contribution in [1.29, 1.82) is 0 Å². The molecule has 1 aliphatic heterocycles. The zero-order chi connectivity index (χ0) is 25.9. The van der Waals surface area contributed by atoms with Crippen LogP contribution in [0.1, 0.15) is 31.7 Å². The number of rotatable bonds is 9. The fraction of sp³-hybridized carbons (Fsp3) is 0.269. The average Bonchev–Trinajstić information content (AvgIpc) is 3.41. The van der Waals surface area contributed by atoms with Crippen molar-refractivity contribution in [2.75, 3.05) is 20.6 Å². The number of carbonyl (C=O) groups is 1. The fourth-order valence-corrected chi connectivity index (χ4v) is 6.05. The second kappa shape index (κ2) is 11.1. The van der Waals surface area contributed by atoms with Gasteiger partial charge in [-0.05, 0) is 36.8 Å². The molecule has 2 aromatic carbocycles. The first-order chi connectivity index (χ1) is 17.2. The van der Waals surface area contributed by atoms with Crippen LogP contribution in [0, 0.1) is 0 Å². The molecule has 1 amide bonds. The largest absolute Gasteiger partial charge is 0.293 e. The smallest absolute Gasteiger partial charge is 0.266 e. The van der Waals surface area contributed by atoms with Crippen molar-refractivity contribution < 1.29 is 13.2 Å². The van der Waals surface area contributed by atoms with Gasteiger partial charge in [0.1, 0.15) is 10.0 Å². The number of aromatic nitrogens is 2. The molecule has 7 nitrogen and oxygen atoms in total. The van der Waals surface area contributed by atoms with Crippen molar-refractivity contribution in [3.05, 3.63) is 71.3 Å². The Morgan fingerprint density at radius 3 is 2.53 bits per heavy atom. The Balaban J connectivity index is 1.78. The number of para-hydroxylation sites is 1. The minimum atomic E-state index is -3.62. The van der Waals surface area contributed by atoms with Crippen LogP contribution in [0.4, 0.5) is 0 Å². The van der Waals surface area contributed by atoms with E-state index in [4.69, 9.17) is 17.3 Å². The van der Waals surface area contributed by atoms with Crippen molar-refractivity contribution in [2.24, 2.45) is 0 Å². The van der Waals surface area contributed by atoms with Gasteiger partial charge in [-0.3, -0.25) is 9.69 Å². The number of hydrogen-bond acceptors (Lipinski definition) is 6. The number of sulfonamides is 1. The SMILES string of the molecule is CCCCCN1C(=O)/C(=C/c2cn(-c3ccccc3)nc2-c2cccc(S(=O)(=O)N(C)C)c2)SC1=S. The number of nitrogens with zero attached hydrogens (tertiary/aromatic N) is 4. The zero-order valence-electron chi connectivity index (χ0n) is 20.4. The highest BCUT2D eigenvalue weighted by Crippen LogP contribution is 2.35. The van der Waals surface area contributed by atoms with Crippen LogP contribution in [0.15, 0.2) is 70.6 Å². The highest BCUT2D eigenvalue weighted by molar-refractivity contribution is 8.26. The van der Waals surface area contributed by atoms with Crippen LogP contribution in [-0.4, -0.2) is 58.3 Å². The summed E-state index contributed by atoms with van der Waals surface area (Å²) in [5.74, 6) is -0.108. The fourth-order valence-electron chi connectivity index (χ4n) is 3.80. The van der Waals surface area contributed by atoms with Crippen molar-refractivity contribution in [3.63, 3.8) is 0 Å². The number of carbonyl (C=O) groups excluding carboxylic acids is 1. The van der Waals surface area contributed by atoms with Crippen LogP contribution in [0.25, 0.3) is 23.0 Å². The second-order valence-electron chi connectivity index (χ2n) is 8.57. The van der Waals surface area contributed by atoms with Crippen LogP contribution in [0.2, 0.25) is 0 Å². The van der Waals surface area contributed by atoms with Gasteiger partial charge < -0.3 is 0 Å². The number of benzene rings is 2. The van der Waals surface area contributed by atoms with E-state index >= 15 is 0 Å². The van der Waals surface area contributed by atoms with E-state index in [1.54, 1.807) is 33.9 Å². The molecule has 1 aliphatic rings. The maximum absolute atomic E-state index is 13.1. The summed E-state index contributed by atoms with van der Waals surface area (Å²) in [6.45, 7) is 2.73. The highest BCUT2D eigenvalue weighted by atomic mass is 32.2. The molecule has 0 unspecified atom stereocenters.